The van der Waals surface area contributed by atoms with E-state index in [2.05, 4.69) is 93.8 Å². The molecule has 408 valence electrons. The van der Waals surface area contributed by atoms with Crippen molar-refractivity contribution in [2.45, 2.75) is 202 Å². The number of carbonyl (C=O) groups is 5. The molecule has 0 unspecified atom stereocenters. The van der Waals surface area contributed by atoms with Gasteiger partial charge in [0.25, 0.3) is 0 Å². The third-order valence-electron chi connectivity index (χ3n) is 17.5. The predicted molar refractivity (Wildman–Crippen MR) is 283 cm³/mol. The number of aryl methyl sites for hydroxylation is 2. The van der Waals surface area contributed by atoms with E-state index in [1.165, 1.54) is 16.7 Å². The van der Waals surface area contributed by atoms with E-state index in [0.29, 0.717) is 56.5 Å². The zero-order valence-electron chi connectivity index (χ0n) is 44.7. The van der Waals surface area contributed by atoms with Crippen LogP contribution in [0.1, 0.15) is 162 Å². The van der Waals surface area contributed by atoms with E-state index in [-0.39, 0.29) is 97.1 Å². The molecule has 0 radical (unpaired) electrons. The molecule has 2 aromatic heterocycles. The summed E-state index contributed by atoms with van der Waals surface area (Å²) in [5.74, 6) is -0.652. The van der Waals surface area contributed by atoms with Gasteiger partial charge >= 0.3 is 0 Å². The number of fused-ring (bicyclic) bond motifs is 4. The number of aromatic nitrogens is 6. The quantitative estimate of drug-likeness (QED) is 0.0939. The zero-order valence-corrected chi connectivity index (χ0v) is 44.7. The van der Waals surface area contributed by atoms with Gasteiger partial charge in [-0.05, 0) is 153 Å². The number of nitrogens with zero attached hydrogens (tertiary/aromatic N) is 8. The van der Waals surface area contributed by atoms with Crippen molar-refractivity contribution in [3.05, 3.63) is 94.6 Å². The summed E-state index contributed by atoms with van der Waals surface area (Å²) in [6.45, 7) is 4.60. The van der Waals surface area contributed by atoms with Crippen LogP contribution in [0, 0.1) is 0 Å². The van der Waals surface area contributed by atoms with Crippen molar-refractivity contribution in [3.63, 3.8) is 0 Å². The highest BCUT2D eigenvalue weighted by molar-refractivity contribution is 5.94. The summed E-state index contributed by atoms with van der Waals surface area (Å²) >= 11 is 0. The Labute approximate surface area is 445 Å². The number of ether oxygens (including phenoxy) is 1. The topological polar surface area (TPSA) is 235 Å². The average Bonchev–Trinajstić information content (AvgIpc) is 4.28. The number of rotatable bonds is 16. The van der Waals surface area contributed by atoms with E-state index >= 15 is 0 Å². The van der Waals surface area contributed by atoms with Gasteiger partial charge in [0.2, 0.25) is 29.5 Å². The fraction of sp³-hybridized carbons (Fsp3) is 0.625. The third-order valence-corrected chi connectivity index (χ3v) is 17.5. The molecule has 2 aliphatic carbocycles. The lowest BCUT2D eigenvalue weighted by atomic mass is 9.87. The van der Waals surface area contributed by atoms with Crippen LogP contribution < -0.4 is 31.9 Å². The molecule has 20 heteroatoms. The van der Waals surface area contributed by atoms with E-state index in [4.69, 9.17) is 4.74 Å². The molecule has 10 rings (SSSR count). The molecule has 4 saturated heterocycles. The van der Waals surface area contributed by atoms with Crippen molar-refractivity contribution in [2.24, 2.45) is 0 Å². The van der Waals surface area contributed by atoms with Crippen molar-refractivity contribution in [1.82, 2.24) is 71.7 Å². The molecule has 4 fully saturated rings. The maximum absolute atomic E-state index is 14.5. The summed E-state index contributed by atoms with van der Waals surface area (Å²) in [4.78, 5) is 73.5. The van der Waals surface area contributed by atoms with Gasteiger partial charge in [0.15, 0.2) is 0 Å². The van der Waals surface area contributed by atoms with Crippen LogP contribution in [0.4, 0.5) is 0 Å². The van der Waals surface area contributed by atoms with E-state index in [1.54, 1.807) is 25.9 Å². The Kier molecular flexibility index (Phi) is 16.9. The predicted octanol–water partition coefficient (Wildman–Crippen LogP) is 3.80. The van der Waals surface area contributed by atoms with Crippen molar-refractivity contribution in [3.8, 4) is 0 Å². The van der Waals surface area contributed by atoms with Crippen LogP contribution in [0.25, 0.3) is 0 Å². The Morgan fingerprint density at radius 3 is 1.71 bits per heavy atom. The fourth-order valence-corrected chi connectivity index (χ4v) is 13.1. The van der Waals surface area contributed by atoms with E-state index < -0.39 is 18.1 Å². The molecule has 20 nitrogen and oxygen atoms in total. The molecule has 6 N–H and O–H groups in total. The van der Waals surface area contributed by atoms with Gasteiger partial charge in [0, 0.05) is 24.7 Å². The lowest BCUT2D eigenvalue weighted by Gasteiger charge is -2.38. The molecule has 2 aromatic carbocycles. The SMILES string of the molecule is CN[C@@H](C)C(=O)N[C@H]1CC[C@H](n2cc(COCc3cn([C@H]4CC[C@H](NC(=O)[C@H](C)NC)C(=O)N5[C@H](CC[C@H]5C(=O)N[C@H]5CCCc6ccccc65)C4)nn3)nn2)C[C@H]2CC[C@@H](C(=O)N[C@@H]3CCCc4ccccc43)N2C1. The van der Waals surface area contributed by atoms with Gasteiger partial charge in [-0.25, -0.2) is 9.36 Å². The maximum Gasteiger partial charge on any atom is 0.246 e. The van der Waals surface area contributed by atoms with Gasteiger partial charge in [0.05, 0.1) is 67.9 Å². The van der Waals surface area contributed by atoms with Gasteiger partial charge in [-0.1, -0.05) is 59.0 Å². The Bertz CT molecular complexity index is 2690. The van der Waals surface area contributed by atoms with Crippen LogP contribution in [0.2, 0.25) is 0 Å². The summed E-state index contributed by atoms with van der Waals surface area (Å²) in [7, 11) is 3.49. The minimum absolute atomic E-state index is 0.00403. The molecule has 4 aromatic rings. The summed E-state index contributed by atoms with van der Waals surface area (Å²) in [5, 5.41) is 37.3. The highest BCUT2D eigenvalue weighted by atomic mass is 16.5. The van der Waals surface area contributed by atoms with Crippen molar-refractivity contribution >= 4 is 29.5 Å². The van der Waals surface area contributed by atoms with Crippen LogP contribution >= 0.6 is 0 Å². The second kappa shape index (κ2) is 24.1. The first-order valence-electron chi connectivity index (χ1n) is 28.1. The summed E-state index contributed by atoms with van der Waals surface area (Å²) in [6, 6.07) is 13.6. The smallest absolute Gasteiger partial charge is 0.246 e. The second-order valence-electron chi connectivity index (χ2n) is 22.3. The highest BCUT2D eigenvalue weighted by Crippen LogP contribution is 2.39. The molecule has 6 aliphatic rings. The third kappa shape index (κ3) is 11.9. The Morgan fingerprint density at radius 1 is 0.592 bits per heavy atom. The lowest BCUT2D eigenvalue weighted by molar-refractivity contribution is -0.145. The van der Waals surface area contributed by atoms with E-state index in [1.807, 2.05) is 40.8 Å². The Balaban J connectivity index is 0.780. The largest absolute Gasteiger partial charge is 0.369 e. The molecule has 76 heavy (non-hydrogen) atoms. The lowest BCUT2D eigenvalue weighted by Crippen LogP contribution is -2.58. The summed E-state index contributed by atoms with van der Waals surface area (Å²) in [5.41, 5.74) is 6.23. The van der Waals surface area contributed by atoms with Crippen molar-refractivity contribution < 1.29 is 28.7 Å². The van der Waals surface area contributed by atoms with Gasteiger partial charge in [0.1, 0.15) is 23.5 Å². The van der Waals surface area contributed by atoms with E-state index in [9.17, 15) is 24.0 Å². The first kappa shape index (κ1) is 53.3. The average molecular weight is 1040 g/mol. The monoisotopic (exact) mass is 1040 g/mol. The minimum atomic E-state index is -0.806. The molecule has 4 aliphatic heterocycles. The molecule has 5 amide bonds. The van der Waals surface area contributed by atoms with Crippen LogP contribution in [0.3, 0.4) is 0 Å². The number of nitrogens with one attached hydrogen (secondary N) is 6. The number of likely N-dealkylation sites (N-methyl/N-ethyl adjacent to an activating group) is 2. The van der Waals surface area contributed by atoms with Gasteiger partial charge in [-0.3, -0.25) is 28.9 Å². The zero-order chi connectivity index (χ0) is 52.9. The molecular formula is C56H78N14O6. The number of carbonyl (C=O) groups excluding carboxylic acids is 5. The second-order valence-corrected chi connectivity index (χ2v) is 22.3. The molecular weight excluding hydrogens is 965 g/mol. The summed E-state index contributed by atoms with van der Waals surface area (Å²) in [6.07, 6.45) is 16.3. The number of amides is 5. The van der Waals surface area contributed by atoms with Crippen LogP contribution in [-0.4, -0.2) is 138 Å². The van der Waals surface area contributed by atoms with Crippen LogP contribution in [0.5, 0.6) is 0 Å². The maximum atomic E-state index is 14.5. The highest BCUT2D eigenvalue weighted by Gasteiger charge is 2.47. The first-order chi connectivity index (χ1) is 36.9. The molecule has 6 heterocycles. The Morgan fingerprint density at radius 2 is 1.11 bits per heavy atom. The van der Waals surface area contributed by atoms with Crippen molar-refractivity contribution in [1.29, 1.82) is 0 Å². The standard InChI is InChI=1S/C56H78N14O6/c1-34(57-3)52(71)59-38-19-20-42(27-41-22-25-50(67(41)29-38)54(73)60-47-17-9-13-36-11-5-7-15-45(36)47)68-30-39(63-65-68)32-76-33-40-31-69(66-64-40)43-21-24-49(62-53(72)35(2)58-4)56(75)70-44(28-43)23-26-51(70)55(74)61-48-18-10-14-37-12-6-8-16-46(37)48/h5-8,11-12,15-16,30-31,34-35,38,41-44,47-51,57-58H,9-10,13-14,17-29,32-33H2,1-4H3,(H,59,71)(H,60,73)(H,61,74)(H,62,72)/t34-,35-,38-,41+,42-,43-,44+,47+,48-,49-,50-,51-/m0/s1. The molecule has 0 spiro atoms. The van der Waals surface area contributed by atoms with Gasteiger partial charge in [-0.15, -0.1) is 10.2 Å². The number of benzene rings is 2. The molecule has 12 atom stereocenters. The normalized spacial score (nSPS) is 28.5. The Hall–Kier alpha value is -6.09. The van der Waals surface area contributed by atoms with Crippen LogP contribution in [0.15, 0.2) is 60.9 Å². The molecule has 0 saturated carbocycles. The minimum Gasteiger partial charge on any atom is -0.369 e. The molecule has 0 bridgehead atoms. The summed E-state index contributed by atoms with van der Waals surface area (Å²) < 4.78 is 9.98. The van der Waals surface area contributed by atoms with Crippen LogP contribution in [-0.2, 0) is 54.8 Å². The number of hydrogen-bond donors (Lipinski definition) is 6. The van der Waals surface area contributed by atoms with Crippen molar-refractivity contribution in [2.75, 3.05) is 20.6 Å². The van der Waals surface area contributed by atoms with Gasteiger partial charge < -0.3 is 41.5 Å². The first-order valence-corrected chi connectivity index (χ1v) is 28.1. The fourth-order valence-electron chi connectivity index (χ4n) is 13.1. The van der Waals surface area contributed by atoms with E-state index in [0.717, 1.165) is 69.8 Å². The number of hydrogen-bond acceptors (Lipinski definition) is 13. The van der Waals surface area contributed by atoms with Gasteiger partial charge in [-0.2, -0.15) is 0 Å².